The Morgan fingerprint density at radius 2 is 1.83 bits per heavy atom. The summed E-state index contributed by atoms with van der Waals surface area (Å²) in [4.78, 5) is 28.9. The van der Waals surface area contributed by atoms with Crippen molar-refractivity contribution in [2.45, 2.75) is 25.5 Å². The Morgan fingerprint density at radius 1 is 1.10 bits per heavy atom. The zero-order chi connectivity index (χ0) is 20.1. The lowest BCUT2D eigenvalue weighted by Crippen LogP contribution is -2.46. The van der Waals surface area contributed by atoms with Crippen LogP contribution in [0.15, 0.2) is 71.5 Å². The van der Waals surface area contributed by atoms with Crippen LogP contribution < -0.4 is 4.90 Å². The van der Waals surface area contributed by atoms with Crippen molar-refractivity contribution in [3.8, 4) is 0 Å². The van der Waals surface area contributed by atoms with E-state index in [1.165, 1.54) is 16.2 Å². The maximum absolute atomic E-state index is 13.4. The Balaban J connectivity index is 1.52. The zero-order valence-electron chi connectivity index (χ0n) is 15.7. The highest BCUT2D eigenvalue weighted by molar-refractivity contribution is 6.03. The molecule has 1 aromatic heterocycles. The van der Waals surface area contributed by atoms with Gasteiger partial charge >= 0.3 is 12.1 Å². The normalized spacial score (nSPS) is 15.9. The first-order valence-electron chi connectivity index (χ1n) is 9.36. The maximum Gasteiger partial charge on any atom is 0.410 e. The quantitative estimate of drug-likeness (QED) is 0.660. The average molecular weight is 392 g/mol. The van der Waals surface area contributed by atoms with Gasteiger partial charge in [-0.3, -0.25) is 9.69 Å². The largest absolute Gasteiger partial charge is 0.445 e. The molecule has 1 aliphatic rings. The summed E-state index contributed by atoms with van der Waals surface area (Å²) >= 11 is 0. The first-order chi connectivity index (χ1) is 14.2. The van der Waals surface area contributed by atoms with E-state index in [0.29, 0.717) is 25.1 Å². The summed E-state index contributed by atoms with van der Waals surface area (Å²) in [6.45, 7) is 0.611. The second-order valence-corrected chi connectivity index (χ2v) is 6.62. The van der Waals surface area contributed by atoms with E-state index in [1.807, 2.05) is 48.5 Å². The van der Waals surface area contributed by atoms with Crippen molar-refractivity contribution >= 4 is 23.7 Å². The molecule has 0 aliphatic carbocycles. The number of carbonyl (C=O) groups is 2. The fourth-order valence-corrected chi connectivity index (χ4v) is 3.37. The van der Waals surface area contributed by atoms with Crippen LogP contribution in [0.3, 0.4) is 0 Å². The number of anilines is 2. The van der Waals surface area contributed by atoms with E-state index in [4.69, 9.17) is 9.15 Å². The van der Waals surface area contributed by atoms with Gasteiger partial charge in [0.05, 0.1) is 5.69 Å². The molecule has 0 N–H and O–H groups in total. The summed E-state index contributed by atoms with van der Waals surface area (Å²) in [5.74, 6) is -0.311. The lowest BCUT2D eigenvalue weighted by molar-refractivity contribution is -0.122. The number of rotatable bonds is 5. The van der Waals surface area contributed by atoms with Crippen LogP contribution >= 0.6 is 0 Å². The van der Waals surface area contributed by atoms with Crippen LogP contribution in [0, 0.1) is 0 Å². The smallest absolute Gasteiger partial charge is 0.410 e. The molecule has 1 atom stereocenters. The molecule has 29 heavy (non-hydrogen) atoms. The number of carbonyl (C=O) groups excluding carboxylic acids is 2. The first-order valence-corrected chi connectivity index (χ1v) is 9.36. The van der Waals surface area contributed by atoms with Crippen LogP contribution in [0.5, 0.6) is 0 Å². The van der Waals surface area contributed by atoms with Crippen LogP contribution in [0.25, 0.3) is 0 Å². The minimum atomic E-state index is -0.662. The first kappa shape index (κ1) is 18.7. The van der Waals surface area contributed by atoms with Crippen LogP contribution in [0.1, 0.15) is 18.4 Å². The number of hydrogen-bond donors (Lipinski definition) is 0. The predicted octanol–water partition coefficient (Wildman–Crippen LogP) is 3.54. The molecule has 1 fully saturated rings. The summed E-state index contributed by atoms with van der Waals surface area (Å²) in [7, 11) is 0. The number of benzene rings is 2. The second kappa shape index (κ2) is 8.55. The van der Waals surface area contributed by atoms with Gasteiger partial charge in [-0.05, 0) is 30.5 Å². The second-order valence-electron chi connectivity index (χ2n) is 6.62. The summed E-state index contributed by atoms with van der Waals surface area (Å²) in [6, 6.07) is 17.8. The summed E-state index contributed by atoms with van der Waals surface area (Å²) in [5, 5.41) is 7.56. The van der Waals surface area contributed by atoms with E-state index in [1.54, 1.807) is 12.1 Å². The number of amides is 2. The van der Waals surface area contributed by atoms with Crippen molar-refractivity contribution in [3.63, 3.8) is 0 Å². The van der Waals surface area contributed by atoms with Crippen molar-refractivity contribution in [1.82, 2.24) is 15.1 Å². The molecule has 2 heterocycles. The maximum atomic E-state index is 13.4. The highest BCUT2D eigenvalue weighted by Crippen LogP contribution is 2.28. The van der Waals surface area contributed by atoms with E-state index in [0.717, 1.165) is 5.56 Å². The molecule has 2 aromatic carbocycles. The van der Waals surface area contributed by atoms with Gasteiger partial charge in [-0.2, -0.15) is 0 Å². The third kappa shape index (κ3) is 4.11. The van der Waals surface area contributed by atoms with Gasteiger partial charge in [0.2, 0.25) is 6.39 Å². The Kier molecular flexibility index (Phi) is 5.51. The molecule has 0 radical (unpaired) electrons. The van der Waals surface area contributed by atoms with E-state index in [-0.39, 0.29) is 18.5 Å². The van der Waals surface area contributed by atoms with Gasteiger partial charge in [0.15, 0.2) is 0 Å². The fraction of sp³-hybridized carbons (Fsp3) is 0.238. The molecule has 148 valence electrons. The summed E-state index contributed by atoms with van der Waals surface area (Å²) in [5.41, 5.74) is 1.48. The van der Waals surface area contributed by atoms with E-state index < -0.39 is 12.1 Å². The van der Waals surface area contributed by atoms with Gasteiger partial charge in [-0.1, -0.05) is 53.6 Å². The van der Waals surface area contributed by atoms with Crippen molar-refractivity contribution < 1.29 is 18.7 Å². The molecule has 8 nitrogen and oxygen atoms in total. The molecule has 8 heteroatoms. The van der Waals surface area contributed by atoms with Gasteiger partial charge < -0.3 is 9.15 Å². The molecule has 3 aromatic rings. The highest BCUT2D eigenvalue weighted by atomic mass is 16.6. The molecule has 0 bridgehead atoms. The van der Waals surface area contributed by atoms with Crippen molar-refractivity contribution in [1.29, 1.82) is 0 Å². The Labute approximate surface area is 167 Å². The molecule has 4 rings (SSSR count). The number of para-hydroxylation sites is 1. The van der Waals surface area contributed by atoms with Crippen molar-refractivity contribution in [3.05, 3.63) is 72.6 Å². The lowest BCUT2D eigenvalue weighted by atomic mass is 10.2. The Hall–Kier alpha value is -3.68. The predicted molar refractivity (Wildman–Crippen MR) is 104 cm³/mol. The fourth-order valence-electron chi connectivity index (χ4n) is 3.37. The number of likely N-dealkylation sites (tertiary alicyclic amines) is 1. The minimum Gasteiger partial charge on any atom is -0.445 e. The van der Waals surface area contributed by atoms with Crippen molar-refractivity contribution in [2.75, 3.05) is 11.4 Å². The Bertz CT molecular complexity index is 947. The third-order valence-electron chi connectivity index (χ3n) is 4.75. The van der Waals surface area contributed by atoms with Gasteiger partial charge in [0, 0.05) is 6.54 Å². The SMILES string of the molecule is O=C(C1CCCN1C(=O)OCc1ccccc1)N(c1ccccc1)c1nnco1. The average Bonchev–Trinajstić information content (AvgIpc) is 3.46. The monoisotopic (exact) mass is 392 g/mol. The molecule has 1 aliphatic heterocycles. The standard InChI is InChI=1S/C21H20N4O4/c26-19(25(20-23-22-15-29-20)17-10-5-2-6-11-17)18-12-7-13-24(18)21(27)28-14-16-8-3-1-4-9-16/h1-6,8-11,15,18H,7,12-14H2. The highest BCUT2D eigenvalue weighted by Gasteiger charge is 2.39. The lowest BCUT2D eigenvalue weighted by Gasteiger charge is -2.27. The van der Waals surface area contributed by atoms with Crippen LogP contribution in [0.2, 0.25) is 0 Å². The number of ether oxygens (including phenoxy) is 1. The van der Waals surface area contributed by atoms with Crippen molar-refractivity contribution in [2.24, 2.45) is 0 Å². The summed E-state index contributed by atoms with van der Waals surface area (Å²) < 4.78 is 10.7. The topological polar surface area (TPSA) is 88.8 Å². The third-order valence-corrected chi connectivity index (χ3v) is 4.75. The molecular formula is C21H20N4O4. The number of nitrogens with zero attached hydrogens (tertiary/aromatic N) is 4. The number of hydrogen-bond acceptors (Lipinski definition) is 6. The molecular weight excluding hydrogens is 372 g/mol. The van der Waals surface area contributed by atoms with Gasteiger partial charge in [-0.25, -0.2) is 9.69 Å². The van der Waals surface area contributed by atoms with Crippen LogP contribution in [-0.2, 0) is 16.1 Å². The molecule has 0 saturated carbocycles. The van der Waals surface area contributed by atoms with Gasteiger partial charge in [0.25, 0.3) is 5.91 Å². The molecule has 2 amide bonds. The minimum absolute atomic E-state index is 0.0608. The van der Waals surface area contributed by atoms with E-state index in [2.05, 4.69) is 10.2 Å². The molecule has 0 spiro atoms. The zero-order valence-corrected chi connectivity index (χ0v) is 15.7. The molecule has 1 saturated heterocycles. The van der Waals surface area contributed by atoms with E-state index >= 15 is 0 Å². The number of aromatic nitrogens is 2. The Morgan fingerprint density at radius 3 is 2.52 bits per heavy atom. The van der Waals surface area contributed by atoms with Gasteiger partial charge in [-0.15, -0.1) is 5.10 Å². The van der Waals surface area contributed by atoms with Crippen LogP contribution in [-0.4, -0.2) is 39.7 Å². The van der Waals surface area contributed by atoms with Crippen LogP contribution in [0.4, 0.5) is 16.5 Å². The van der Waals surface area contributed by atoms with Gasteiger partial charge in [0.1, 0.15) is 12.6 Å². The summed E-state index contributed by atoms with van der Waals surface area (Å²) in [6.07, 6.45) is 1.90. The molecule has 1 unspecified atom stereocenters. The van der Waals surface area contributed by atoms with E-state index in [9.17, 15) is 9.59 Å².